The lowest BCUT2D eigenvalue weighted by atomic mass is 10.0. The Morgan fingerprint density at radius 1 is 0.882 bits per heavy atom. The van der Waals surface area contributed by atoms with Crippen molar-refractivity contribution in [2.45, 2.75) is 18.9 Å². The van der Waals surface area contributed by atoms with E-state index in [0.29, 0.717) is 12.5 Å². The first kappa shape index (κ1) is 21.6. The van der Waals surface area contributed by atoms with E-state index >= 15 is 0 Å². The van der Waals surface area contributed by atoms with Gasteiger partial charge in [0.15, 0.2) is 0 Å². The van der Waals surface area contributed by atoms with Crippen LogP contribution in [0.1, 0.15) is 29.2 Å². The van der Waals surface area contributed by atoms with Gasteiger partial charge in [0.25, 0.3) is 5.95 Å². The van der Waals surface area contributed by atoms with Gasteiger partial charge in [0.05, 0.1) is 5.70 Å². The Kier molecular flexibility index (Phi) is 6.42. The lowest BCUT2D eigenvalue weighted by molar-refractivity contribution is -0.119. The first-order valence-corrected chi connectivity index (χ1v) is 11.5. The van der Waals surface area contributed by atoms with Crippen LogP contribution in [-0.4, -0.2) is 39.2 Å². The molecular weight excluding hydrogens is 424 g/mol. The average Bonchev–Trinajstić information content (AvgIpc) is 3.39. The number of aryl methyl sites for hydroxylation is 1. The maximum absolute atomic E-state index is 12.9. The molecule has 170 valence electrons. The summed E-state index contributed by atoms with van der Waals surface area (Å²) >= 11 is 0. The Labute approximate surface area is 198 Å². The molecule has 7 nitrogen and oxygen atoms in total. The minimum absolute atomic E-state index is 0.0670. The molecule has 0 saturated heterocycles. The Hall–Kier alpha value is -4.26. The first-order chi connectivity index (χ1) is 16.8. The van der Waals surface area contributed by atoms with Crippen molar-refractivity contribution in [3.63, 3.8) is 0 Å². The molecule has 5 rings (SSSR count). The minimum atomic E-state index is -0.161. The zero-order chi connectivity index (χ0) is 23.2. The van der Waals surface area contributed by atoms with Gasteiger partial charge in [-0.15, -0.1) is 0 Å². The van der Waals surface area contributed by atoms with Gasteiger partial charge in [0.1, 0.15) is 12.6 Å². The Morgan fingerprint density at radius 3 is 2.29 bits per heavy atom. The van der Waals surface area contributed by atoms with Gasteiger partial charge in [0, 0.05) is 6.54 Å². The lowest BCUT2D eigenvalue weighted by Gasteiger charge is -2.32. The Balaban J connectivity index is 1.35. The molecule has 0 spiro atoms. The van der Waals surface area contributed by atoms with Crippen LogP contribution in [0.25, 0.3) is 5.70 Å². The summed E-state index contributed by atoms with van der Waals surface area (Å²) in [5.41, 5.74) is 4.27. The quantitative estimate of drug-likeness (QED) is 0.413. The molecule has 0 bridgehead atoms. The number of hydrogen-bond acceptors (Lipinski definition) is 5. The van der Waals surface area contributed by atoms with Crippen molar-refractivity contribution in [2.75, 3.05) is 18.0 Å². The standard InChI is InChI=1S/C27H26N6O/c34-26(28-18-10-13-21-11-4-1-5-12-21)20-32-24(22-14-6-2-7-15-22)19-25(23-16-8-3-9-17-23)33-27(32)29-30-31-33/h1-9,11-12,14-17,19,25H,10,13,18,20H2,(H,28,34)/t25-/m0/s1. The van der Waals surface area contributed by atoms with Crippen molar-refractivity contribution < 1.29 is 4.79 Å². The summed E-state index contributed by atoms with van der Waals surface area (Å²) in [5.74, 6) is 0.484. The zero-order valence-corrected chi connectivity index (χ0v) is 18.8. The molecule has 1 aliphatic rings. The highest BCUT2D eigenvalue weighted by atomic mass is 16.2. The molecule has 1 N–H and O–H groups in total. The second kappa shape index (κ2) is 10.1. The van der Waals surface area contributed by atoms with Crippen LogP contribution in [0.3, 0.4) is 0 Å². The number of aromatic nitrogens is 4. The highest BCUT2D eigenvalue weighted by Gasteiger charge is 2.31. The van der Waals surface area contributed by atoms with E-state index in [1.807, 2.05) is 71.6 Å². The highest BCUT2D eigenvalue weighted by Crippen LogP contribution is 2.35. The van der Waals surface area contributed by atoms with Crippen LogP contribution in [0, 0.1) is 0 Å². The van der Waals surface area contributed by atoms with Crippen LogP contribution in [-0.2, 0) is 11.2 Å². The van der Waals surface area contributed by atoms with Crippen LogP contribution in [0.4, 0.5) is 5.95 Å². The van der Waals surface area contributed by atoms with Crippen LogP contribution in [0.5, 0.6) is 0 Å². The summed E-state index contributed by atoms with van der Waals surface area (Å²) in [6.07, 6.45) is 3.93. The van der Waals surface area contributed by atoms with Gasteiger partial charge in [-0.1, -0.05) is 96.1 Å². The van der Waals surface area contributed by atoms with Crippen LogP contribution >= 0.6 is 0 Å². The van der Waals surface area contributed by atoms with E-state index in [4.69, 9.17) is 0 Å². The number of benzene rings is 3. The molecule has 34 heavy (non-hydrogen) atoms. The van der Waals surface area contributed by atoms with Crippen molar-refractivity contribution in [1.29, 1.82) is 0 Å². The molecule has 0 radical (unpaired) electrons. The normalized spacial score (nSPS) is 14.9. The van der Waals surface area contributed by atoms with E-state index in [1.165, 1.54) is 5.56 Å². The molecule has 0 saturated carbocycles. The molecular formula is C27H26N6O. The van der Waals surface area contributed by atoms with Crippen molar-refractivity contribution in [3.05, 3.63) is 114 Å². The molecule has 4 aromatic rings. The van der Waals surface area contributed by atoms with E-state index in [-0.39, 0.29) is 18.5 Å². The van der Waals surface area contributed by atoms with Crippen LogP contribution in [0.2, 0.25) is 0 Å². The number of nitrogens with zero attached hydrogens (tertiary/aromatic N) is 5. The fourth-order valence-electron chi connectivity index (χ4n) is 4.23. The van der Waals surface area contributed by atoms with E-state index < -0.39 is 0 Å². The van der Waals surface area contributed by atoms with Gasteiger partial charge >= 0.3 is 0 Å². The topological polar surface area (TPSA) is 75.9 Å². The maximum atomic E-state index is 12.9. The molecule has 1 atom stereocenters. The summed E-state index contributed by atoms with van der Waals surface area (Å²) < 4.78 is 1.77. The van der Waals surface area contributed by atoms with Crippen molar-refractivity contribution in [2.24, 2.45) is 0 Å². The molecule has 0 aliphatic carbocycles. The molecule has 2 heterocycles. The number of amides is 1. The van der Waals surface area contributed by atoms with E-state index in [2.05, 4.69) is 51.2 Å². The predicted molar refractivity (Wildman–Crippen MR) is 132 cm³/mol. The van der Waals surface area contributed by atoms with Crippen molar-refractivity contribution in [1.82, 2.24) is 25.5 Å². The van der Waals surface area contributed by atoms with E-state index in [1.54, 1.807) is 4.68 Å². The number of rotatable bonds is 8. The van der Waals surface area contributed by atoms with Gasteiger partial charge < -0.3 is 5.32 Å². The lowest BCUT2D eigenvalue weighted by Crippen LogP contribution is -2.40. The average molecular weight is 451 g/mol. The fraction of sp³-hybridized carbons (Fsp3) is 0.185. The van der Waals surface area contributed by atoms with Gasteiger partial charge in [-0.2, -0.15) is 4.68 Å². The monoisotopic (exact) mass is 450 g/mol. The smallest absolute Gasteiger partial charge is 0.251 e. The number of fused-ring (bicyclic) bond motifs is 1. The molecule has 1 aromatic heterocycles. The number of carbonyl (C=O) groups is 1. The Morgan fingerprint density at radius 2 is 1.56 bits per heavy atom. The number of hydrogen-bond donors (Lipinski definition) is 1. The summed E-state index contributed by atoms with van der Waals surface area (Å²) in [5, 5.41) is 15.5. The third-order valence-corrected chi connectivity index (χ3v) is 5.91. The molecule has 7 heteroatoms. The second-order valence-corrected chi connectivity index (χ2v) is 8.22. The fourth-order valence-corrected chi connectivity index (χ4v) is 4.23. The van der Waals surface area contributed by atoms with Gasteiger partial charge in [-0.25, -0.2) is 0 Å². The van der Waals surface area contributed by atoms with E-state index in [0.717, 1.165) is 29.7 Å². The second-order valence-electron chi connectivity index (χ2n) is 8.22. The van der Waals surface area contributed by atoms with Crippen LogP contribution < -0.4 is 10.2 Å². The zero-order valence-electron chi connectivity index (χ0n) is 18.8. The Bertz CT molecular complexity index is 1250. The van der Waals surface area contributed by atoms with Crippen molar-refractivity contribution >= 4 is 17.6 Å². The first-order valence-electron chi connectivity index (χ1n) is 11.5. The van der Waals surface area contributed by atoms with Crippen LogP contribution in [0.15, 0.2) is 97.1 Å². The van der Waals surface area contributed by atoms with Gasteiger partial charge in [0.2, 0.25) is 5.91 Å². The van der Waals surface area contributed by atoms with Crippen molar-refractivity contribution in [3.8, 4) is 0 Å². The number of anilines is 1. The van der Waals surface area contributed by atoms with Gasteiger partial charge in [-0.3, -0.25) is 9.69 Å². The summed E-state index contributed by atoms with van der Waals surface area (Å²) in [4.78, 5) is 14.8. The minimum Gasteiger partial charge on any atom is -0.355 e. The summed E-state index contributed by atoms with van der Waals surface area (Å²) in [6, 6.07) is 30.3. The predicted octanol–water partition coefficient (Wildman–Crippen LogP) is 3.87. The maximum Gasteiger partial charge on any atom is 0.251 e. The third-order valence-electron chi connectivity index (χ3n) is 5.91. The summed E-state index contributed by atoms with van der Waals surface area (Å²) in [7, 11) is 0. The molecule has 1 aliphatic heterocycles. The molecule has 0 fully saturated rings. The molecule has 1 amide bonds. The number of carbonyl (C=O) groups excluding carboxylic acids is 1. The number of allylic oxidation sites excluding steroid dienone is 1. The van der Waals surface area contributed by atoms with Gasteiger partial charge in [-0.05, 0) is 46.0 Å². The number of nitrogens with one attached hydrogen (secondary N) is 1. The van der Waals surface area contributed by atoms with E-state index in [9.17, 15) is 4.79 Å². The highest BCUT2D eigenvalue weighted by molar-refractivity contribution is 5.89. The third kappa shape index (κ3) is 4.73. The largest absolute Gasteiger partial charge is 0.355 e. The molecule has 3 aromatic carbocycles. The number of tetrazole rings is 1. The summed E-state index contributed by atoms with van der Waals surface area (Å²) in [6.45, 7) is 0.748. The SMILES string of the molecule is O=C(CN1C(c2ccccc2)=C[C@@H](c2ccccc2)n2nnnc21)NCCCc1ccccc1. The molecule has 0 unspecified atom stereocenters.